The van der Waals surface area contributed by atoms with Gasteiger partial charge < -0.3 is 9.84 Å². The highest BCUT2D eigenvalue weighted by Gasteiger charge is 2.14. The first-order valence-electron chi connectivity index (χ1n) is 6.56. The summed E-state index contributed by atoms with van der Waals surface area (Å²) in [6, 6.07) is 1.87. The first-order chi connectivity index (χ1) is 8.88. The molecule has 1 aromatic rings. The monoisotopic (exact) mass is 245 g/mol. The average molecular weight is 245 g/mol. The van der Waals surface area contributed by atoms with Crippen molar-refractivity contribution in [3.8, 4) is 17.6 Å². The molecule has 0 atom stereocenters. The maximum absolute atomic E-state index is 8.63. The summed E-state index contributed by atoms with van der Waals surface area (Å²) in [5, 5.41) is 8.63. The molecule has 1 aromatic heterocycles. The van der Waals surface area contributed by atoms with Crippen molar-refractivity contribution in [2.24, 2.45) is 5.92 Å². The summed E-state index contributed by atoms with van der Waals surface area (Å²) in [4.78, 5) is 4.08. The molecular formula is C15H19NO2. The van der Waals surface area contributed by atoms with Crippen LogP contribution in [0.2, 0.25) is 0 Å². The van der Waals surface area contributed by atoms with Gasteiger partial charge in [-0.15, -0.1) is 0 Å². The molecule has 96 valence electrons. The second-order valence-electron chi connectivity index (χ2n) is 4.66. The highest BCUT2D eigenvalue weighted by Crippen LogP contribution is 2.27. The molecule has 0 bridgehead atoms. The molecule has 18 heavy (non-hydrogen) atoms. The highest BCUT2D eigenvalue weighted by molar-refractivity contribution is 5.36. The minimum Gasteiger partial charge on any atom is -0.492 e. The Kier molecular flexibility index (Phi) is 5.04. The van der Waals surface area contributed by atoms with Crippen molar-refractivity contribution in [3.05, 3.63) is 24.0 Å². The Morgan fingerprint density at radius 2 is 2.17 bits per heavy atom. The maximum Gasteiger partial charge on any atom is 0.138 e. The number of hydrogen-bond donors (Lipinski definition) is 1. The molecule has 3 heteroatoms. The topological polar surface area (TPSA) is 42.4 Å². The van der Waals surface area contributed by atoms with Crippen LogP contribution < -0.4 is 4.74 Å². The maximum atomic E-state index is 8.63. The zero-order valence-corrected chi connectivity index (χ0v) is 10.6. The third kappa shape index (κ3) is 4.05. The highest BCUT2D eigenvalue weighted by atomic mass is 16.5. The van der Waals surface area contributed by atoms with Gasteiger partial charge in [0.1, 0.15) is 12.4 Å². The van der Waals surface area contributed by atoms with Crippen molar-refractivity contribution >= 4 is 0 Å². The molecule has 0 unspecified atom stereocenters. The lowest BCUT2D eigenvalue weighted by atomic mass is 10.1. The van der Waals surface area contributed by atoms with Crippen LogP contribution in [-0.4, -0.2) is 23.3 Å². The van der Waals surface area contributed by atoms with E-state index >= 15 is 0 Å². The van der Waals surface area contributed by atoms with Gasteiger partial charge in [-0.2, -0.15) is 0 Å². The Labute approximate surface area is 108 Å². The van der Waals surface area contributed by atoms with Crippen LogP contribution in [0.25, 0.3) is 0 Å². The normalized spacial score (nSPS) is 15.2. The predicted octanol–water partition coefficient (Wildman–Crippen LogP) is 2.38. The molecule has 0 amide bonds. The molecule has 0 aromatic carbocycles. The standard InChI is InChI=1S/C15H19NO2/c17-8-3-6-14-10-15(12-16-11-14)18-9-7-13-4-1-2-5-13/h10-13,17H,1-2,4-5,7-9H2. The van der Waals surface area contributed by atoms with E-state index in [1.165, 1.54) is 25.7 Å². The number of rotatable bonds is 4. The number of ether oxygens (including phenoxy) is 1. The van der Waals surface area contributed by atoms with Gasteiger partial charge in [-0.05, 0) is 18.4 Å². The van der Waals surface area contributed by atoms with E-state index in [-0.39, 0.29) is 6.61 Å². The second-order valence-corrected chi connectivity index (χ2v) is 4.66. The summed E-state index contributed by atoms with van der Waals surface area (Å²) in [7, 11) is 0. The second kappa shape index (κ2) is 7.03. The van der Waals surface area contributed by atoms with Crippen LogP contribution >= 0.6 is 0 Å². The fourth-order valence-electron chi connectivity index (χ4n) is 2.35. The van der Waals surface area contributed by atoms with E-state index in [0.717, 1.165) is 30.3 Å². The van der Waals surface area contributed by atoms with Crippen LogP contribution in [0.15, 0.2) is 18.5 Å². The van der Waals surface area contributed by atoms with Crippen LogP contribution in [0.1, 0.15) is 37.7 Å². The van der Waals surface area contributed by atoms with E-state index in [0.29, 0.717) is 0 Å². The first-order valence-corrected chi connectivity index (χ1v) is 6.56. The summed E-state index contributed by atoms with van der Waals surface area (Å²) in [6.45, 7) is 0.621. The lowest BCUT2D eigenvalue weighted by Crippen LogP contribution is -2.04. The summed E-state index contributed by atoms with van der Waals surface area (Å²) < 4.78 is 5.70. The van der Waals surface area contributed by atoms with Crippen LogP contribution in [0.4, 0.5) is 0 Å². The van der Waals surface area contributed by atoms with E-state index in [4.69, 9.17) is 9.84 Å². The van der Waals surface area contributed by atoms with E-state index < -0.39 is 0 Å². The smallest absolute Gasteiger partial charge is 0.138 e. The minimum atomic E-state index is -0.132. The lowest BCUT2D eigenvalue weighted by molar-refractivity contribution is 0.278. The SMILES string of the molecule is OCC#Cc1cncc(OCCC2CCCC2)c1. The minimum absolute atomic E-state index is 0.132. The van der Waals surface area contributed by atoms with E-state index in [9.17, 15) is 0 Å². The van der Waals surface area contributed by atoms with Gasteiger partial charge >= 0.3 is 0 Å². The summed E-state index contributed by atoms with van der Waals surface area (Å²) in [5.74, 6) is 7.03. The fraction of sp³-hybridized carbons (Fsp3) is 0.533. The molecule has 1 fully saturated rings. The molecule has 1 heterocycles. The Balaban J connectivity index is 1.81. The molecule has 1 saturated carbocycles. The number of pyridine rings is 1. The van der Waals surface area contributed by atoms with Gasteiger partial charge in [0, 0.05) is 11.8 Å². The third-order valence-electron chi connectivity index (χ3n) is 3.29. The number of aromatic nitrogens is 1. The van der Waals surface area contributed by atoms with Crippen LogP contribution in [0.3, 0.4) is 0 Å². The number of nitrogens with zero attached hydrogens (tertiary/aromatic N) is 1. The largest absolute Gasteiger partial charge is 0.492 e. The number of hydrogen-bond acceptors (Lipinski definition) is 3. The molecule has 2 rings (SSSR count). The summed E-state index contributed by atoms with van der Waals surface area (Å²) in [6.07, 6.45) is 9.96. The Hall–Kier alpha value is -1.53. The average Bonchev–Trinajstić information content (AvgIpc) is 2.90. The zero-order valence-electron chi connectivity index (χ0n) is 10.6. The van der Waals surface area contributed by atoms with Gasteiger partial charge in [-0.1, -0.05) is 37.5 Å². The molecule has 1 aliphatic carbocycles. The van der Waals surface area contributed by atoms with E-state index in [1.807, 2.05) is 6.07 Å². The summed E-state index contributed by atoms with van der Waals surface area (Å²) >= 11 is 0. The zero-order chi connectivity index (χ0) is 12.6. The lowest BCUT2D eigenvalue weighted by Gasteiger charge is -2.10. The quantitative estimate of drug-likeness (QED) is 0.828. The molecule has 0 radical (unpaired) electrons. The van der Waals surface area contributed by atoms with Gasteiger partial charge in [0.15, 0.2) is 0 Å². The van der Waals surface area contributed by atoms with Crippen molar-refractivity contribution in [1.29, 1.82) is 0 Å². The van der Waals surface area contributed by atoms with Gasteiger partial charge in [-0.25, -0.2) is 0 Å². The van der Waals surface area contributed by atoms with Crippen molar-refractivity contribution in [1.82, 2.24) is 4.98 Å². The van der Waals surface area contributed by atoms with Gasteiger partial charge in [0.05, 0.1) is 12.8 Å². The molecule has 1 aliphatic rings. The fourth-order valence-corrected chi connectivity index (χ4v) is 2.35. The van der Waals surface area contributed by atoms with Crippen LogP contribution in [0, 0.1) is 17.8 Å². The van der Waals surface area contributed by atoms with Gasteiger partial charge in [0.25, 0.3) is 0 Å². The van der Waals surface area contributed by atoms with E-state index in [2.05, 4.69) is 16.8 Å². The van der Waals surface area contributed by atoms with Crippen LogP contribution in [0.5, 0.6) is 5.75 Å². The Morgan fingerprint density at radius 1 is 1.33 bits per heavy atom. The van der Waals surface area contributed by atoms with Crippen molar-refractivity contribution in [2.45, 2.75) is 32.1 Å². The van der Waals surface area contributed by atoms with Crippen molar-refractivity contribution in [2.75, 3.05) is 13.2 Å². The number of aliphatic hydroxyl groups excluding tert-OH is 1. The molecule has 1 N–H and O–H groups in total. The molecular weight excluding hydrogens is 226 g/mol. The third-order valence-corrected chi connectivity index (χ3v) is 3.29. The molecule has 3 nitrogen and oxygen atoms in total. The van der Waals surface area contributed by atoms with Crippen molar-refractivity contribution in [3.63, 3.8) is 0 Å². The first kappa shape index (κ1) is 12.9. The number of aliphatic hydroxyl groups is 1. The van der Waals surface area contributed by atoms with E-state index in [1.54, 1.807) is 12.4 Å². The Morgan fingerprint density at radius 3 is 2.94 bits per heavy atom. The van der Waals surface area contributed by atoms with Crippen molar-refractivity contribution < 1.29 is 9.84 Å². The van der Waals surface area contributed by atoms with Crippen LogP contribution in [-0.2, 0) is 0 Å². The molecule has 0 spiro atoms. The molecule has 0 saturated heterocycles. The Bertz CT molecular complexity index is 428. The van der Waals surface area contributed by atoms with Gasteiger partial charge in [0.2, 0.25) is 0 Å². The van der Waals surface area contributed by atoms with Gasteiger partial charge in [-0.3, -0.25) is 4.98 Å². The summed E-state index contributed by atoms with van der Waals surface area (Å²) in [5.41, 5.74) is 0.780. The predicted molar refractivity (Wildman–Crippen MR) is 70.3 cm³/mol. The molecule has 0 aliphatic heterocycles.